The van der Waals surface area contributed by atoms with Gasteiger partial charge in [0.25, 0.3) is 5.91 Å². The highest BCUT2D eigenvalue weighted by atomic mass is 32.2. The first-order valence-corrected chi connectivity index (χ1v) is 9.40. The number of rotatable bonds is 8. The summed E-state index contributed by atoms with van der Waals surface area (Å²) in [7, 11) is 3.12. The summed E-state index contributed by atoms with van der Waals surface area (Å²) >= 11 is 1.34. The molecule has 0 aliphatic heterocycles. The number of nitrogens with zero attached hydrogens (tertiary/aromatic N) is 1. The summed E-state index contributed by atoms with van der Waals surface area (Å²) < 4.78 is 15.7. The van der Waals surface area contributed by atoms with E-state index >= 15 is 0 Å². The molecule has 1 N–H and O–H groups in total. The van der Waals surface area contributed by atoms with E-state index in [9.17, 15) is 9.59 Å². The van der Waals surface area contributed by atoms with Gasteiger partial charge in [-0.15, -0.1) is 11.8 Å². The molecule has 2 aromatic rings. The third kappa shape index (κ3) is 5.37. The number of thioether (sulfide) groups is 1. The summed E-state index contributed by atoms with van der Waals surface area (Å²) in [4.78, 5) is 28.5. The zero-order valence-electron chi connectivity index (χ0n) is 15.6. The van der Waals surface area contributed by atoms with E-state index in [0.717, 1.165) is 5.56 Å². The normalized spacial score (nSPS) is 11.4. The molecule has 0 aliphatic rings. The number of carbonyl (C=O) groups excluding carboxylic acids is 2. The number of carbonyl (C=O) groups is 2. The summed E-state index contributed by atoms with van der Waals surface area (Å²) in [5, 5.41) is 3.34. The van der Waals surface area contributed by atoms with E-state index in [1.54, 1.807) is 50.7 Å². The summed E-state index contributed by atoms with van der Waals surface area (Å²) in [5.41, 5.74) is 1.09. The molecule has 0 aliphatic carbocycles. The van der Waals surface area contributed by atoms with E-state index in [4.69, 9.17) is 14.2 Å². The number of hydrogen-bond acceptors (Lipinski definition) is 7. The molecule has 0 saturated heterocycles. The van der Waals surface area contributed by atoms with E-state index in [1.165, 1.54) is 11.8 Å². The monoisotopic (exact) mass is 390 g/mol. The van der Waals surface area contributed by atoms with Gasteiger partial charge in [0.2, 0.25) is 0 Å². The van der Waals surface area contributed by atoms with Gasteiger partial charge in [-0.05, 0) is 43.5 Å². The lowest BCUT2D eigenvalue weighted by atomic mass is 10.1. The average molecular weight is 390 g/mol. The molecule has 2 rings (SSSR count). The maximum absolute atomic E-state index is 12.2. The van der Waals surface area contributed by atoms with E-state index in [-0.39, 0.29) is 6.04 Å². The number of ether oxygens (including phenoxy) is 3. The number of nitrogens with one attached hydrogen (secondary N) is 1. The summed E-state index contributed by atoms with van der Waals surface area (Å²) in [6.45, 7) is 1.42. The second kappa shape index (κ2) is 9.82. The molecule has 27 heavy (non-hydrogen) atoms. The van der Waals surface area contributed by atoms with Gasteiger partial charge in [0.05, 0.1) is 25.8 Å². The summed E-state index contributed by atoms with van der Waals surface area (Å²) in [6.07, 6.45) is 3.41. The zero-order chi connectivity index (χ0) is 19.8. The van der Waals surface area contributed by atoms with Gasteiger partial charge in [0.15, 0.2) is 6.61 Å². The van der Waals surface area contributed by atoms with Gasteiger partial charge in [0, 0.05) is 11.8 Å². The molecule has 0 unspecified atom stereocenters. The number of aromatic nitrogens is 1. The van der Waals surface area contributed by atoms with Gasteiger partial charge in [-0.3, -0.25) is 4.79 Å². The molecule has 0 spiro atoms. The highest BCUT2D eigenvalue weighted by molar-refractivity contribution is 7.98. The van der Waals surface area contributed by atoms with Crippen LogP contribution in [0.25, 0.3) is 0 Å². The Labute approximate surface area is 162 Å². The lowest BCUT2D eigenvalue weighted by molar-refractivity contribution is -0.124. The molecular formula is C19H22N2O5S. The smallest absolute Gasteiger partial charge is 0.341 e. The molecule has 0 fully saturated rings. The Bertz CT molecular complexity index is 812. The molecule has 1 amide bonds. The highest BCUT2D eigenvalue weighted by Crippen LogP contribution is 2.29. The average Bonchev–Trinajstić information content (AvgIpc) is 2.71. The molecule has 144 valence electrons. The first-order valence-electron chi connectivity index (χ1n) is 8.17. The lowest BCUT2D eigenvalue weighted by Gasteiger charge is -2.18. The summed E-state index contributed by atoms with van der Waals surface area (Å²) in [6, 6.07) is 8.23. The van der Waals surface area contributed by atoms with Crippen molar-refractivity contribution < 1.29 is 23.8 Å². The number of amides is 1. The van der Waals surface area contributed by atoms with Crippen LogP contribution >= 0.6 is 11.8 Å². The third-order valence-electron chi connectivity index (χ3n) is 3.80. The number of esters is 1. The number of hydrogen-bond donors (Lipinski definition) is 1. The molecule has 0 saturated carbocycles. The van der Waals surface area contributed by atoms with Crippen molar-refractivity contribution in [2.75, 3.05) is 27.1 Å². The number of benzene rings is 1. The van der Waals surface area contributed by atoms with Crippen molar-refractivity contribution in [2.24, 2.45) is 0 Å². The highest BCUT2D eigenvalue weighted by Gasteiger charge is 2.18. The van der Waals surface area contributed by atoms with Gasteiger partial charge < -0.3 is 19.5 Å². The molecule has 0 bridgehead atoms. The largest absolute Gasteiger partial charge is 0.497 e. The second-order valence-electron chi connectivity index (χ2n) is 5.53. The van der Waals surface area contributed by atoms with Crippen molar-refractivity contribution in [2.45, 2.75) is 18.0 Å². The van der Waals surface area contributed by atoms with E-state index in [0.29, 0.717) is 22.1 Å². The van der Waals surface area contributed by atoms with E-state index < -0.39 is 18.5 Å². The SMILES string of the molecule is COc1ccc(OC)c([C@@H](C)NC(=O)COC(=O)c2cccnc2SC)c1. The van der Waals surface area contributed by atoms with Crippen LogP contribution in [0.1, 0.15) is 28.9 Å². The minimum Gasteiger partial charge on any atom is -0.497 e. The fourth-order valence-electron chi connectivity index (χ4n) is 2.46. The van der Waals surface area contributed by atoms with Crippen LogP contribution in [0, 0.1) is 0 Å². The van der Waals surface area contributed by atoms with Crippen molar-refractivity contribution in [1.82, 2.24) is 10.3 Å². The third-order valence-corrected chi connectivity index (χ3v) is 4.51. The van der Waals surface area contributed by atoms with Gasteiger partial charge >= 0.3 is 5.97 Å². The van der Waals surface area contributed by atoms with Crippen LogP contribution in [0.5, 0.6) is 11.5 Å². The van der Waals surface area contributed by atoms with Crippen LogP contribution in [0.2, 0.25) is 0 Å². The second-order valence-corrected chi connectivity index (χ2v) is 6.33. The lowest BCUT2D eigenvalue weighted by Crippen LogP contribution is -2.31. The quantitative estimate of drug-likeness (QED) is 0.548. The van der Waals surface area contributed by atoms with Crippen LogP contribution in [0.4, 0.5) is 0 Å². The van der Waals surface area contributed by atoms with Gasteiger partial charge in [-0.25, -0.2) is 9.78 Å². The zero-order valence-corrected chi connectivity index (χ0v) is 16.5. The summed E-state index contributed by atoms with van der Waals surface area (Å²) in [5.74, 6) is 0.268. The first kappa shape index (κ1) is 20.6. The number of pyridine rings is 1. The maximum atomic E-state index is 12.2. The minimum absolute atomic E-state index is 0.334. The van der Waals surface area contributed by atoms with E-state index in [2.05, 4.69) is 10.3 Å². The Morgan fingerprint density at radius 2 is 2.00 bits per heavy atom. The molecule has 1 aromatic carbocycles. The minimum atomic E-state index is -0.589. The maximum Gasteiger partial charge on any atom is 0.341 e. The van der Waals surface area contributed by atoms with Gasteiger partial charge in [-0.1, -0.05) is 0 Å². The Hall–Kier alpha value is -2.74. The predicted molar refractivity (Wildman–Crippen MR) is 102 cm³/mol. The Morgan fingerprint density at radius 3 is 2.67 bits per heavy atom. The topological polar surface area (TPSA) is 86.8 Å². The molecule has 8 heteroatoms. The van der Waals surface area contributed by atoms with Crippen LogP contribution in [-0.2, 0) is 9.53 Å². The van der Waals surface area contributed by atoms with Gasteiger partial charge in [0.1, 0.15) is 16.5 Å². The fourth-order valence-corrected chi connectivity index (χ4v) is 2.99. The fraction of sp³-hybridized carbons (Fsp3) is 0.316. The standard InChI is InChI=1S/C19H22N2O5S/c1-12(15-10-13(24-2)7-8-16(15)25-3)21-17(22)11-26-19(23)14-6-5-9-20-18(14)27-4/h5-10,12H,11H2,1-4H3,(H,21,22)/t12-/m1/s1. The van der Waals surface area contributed by atoms with Crippen molar-refractivity contribution in [3.63, 3.8) is 0 Å². The van der Waals surface area contributed by atoms with Crippen molar-refractivity contribution in [3.05, 3.63) is 47.7 Å². The Kier molecular flexibility index (Phi) is 7.48. The van der Waals surface area contributed by atoms with Crippen LogP contribution < -0.4 is 14.8 Å². The van der Waals surface area contributed by atoms with Crippen LogP contribution in [0.15, 0.2) is 41.6 Å². The van der Waals surface area contributed by atoms with Crippen LogP contribution in [0.3, 0.4) is 0 Å². The molecule has 0 radical (unpaired) electrons. The Morgan fingerprint density at radius 1 is 1.22 bits per heavy atom. The van der Waals surface area contributed by atoms with Crippen molar-refractivity contribution >= 4 is 23.6 Å². The van der Waals surface area contributed by atoms with Crippen LogP contribution in [-0.4, -0.2) is 43.9 Å². The molecule has 1 heterocycles. The molecule has 1 atom stereocenters. The predicted octanol–water partition coefficient (Wildman–Crippen LogP) is 2.85. The van der Waals surface area contributed by atoms with E-state index in [1.807, 2.05) is 13.2 Å². The van der Waals surface area contributed by atoms with Gasteiger partial charge in [-0.2, -0.15) is 0 Å². The first-order chi connectivity index (χ1) is 13.0. The Balaban J connectivity index is 1.98. The molecule has 1 aromatic heterocycles. The van der Waals surface area contributed by atoms with Crippen molar-refractivity contribution in [1.29, 1.82) is 0 Å². The number of methoxy groups -OCH3 is 2. The molecular weight excluding hydrogens is 368 g/mol. The molecule has 7 nitrogen and oxygen atoms in total. The van der Waals surface area contributed by atoms with Crippen molar-refractivity contribution in [3.8, 4) is 11.5 Å².